The number of carbonyl (C=O) groups excluding carboxylic acids is 1. The van der Waals surface area contributed by atoms with E-state index in [1.54, 1.807) is 11.3 Å². The molecule has 1 aromatic rings. The van der Waals surface area contributed by atoms with Crippen LogP contribution in [0.15, 0.2) is 5.38 Å². The molecular weight excluding hydrogens is 236 g/mol. The minimum Gasteiger partial charge on any atom is -0.469 e. The minimum atomic E-state index is -0.240. The summed E-state index contributed by atoms with van der Waals surface area (Å²) in [5.74, 6) is 0.674. The molecule has 1 saturated carbocycles. The molecule has 1 fully saturated rings. The molecule has 0 aliphatic heterocycles. The Bertz CT molecular complexity index is 374. The van der Waals surface area contributed by atoms with Crippen molar-refractivity contribution in [1.29, 1.82) is 0 Å². The Morgan fingerprint density at radius 3 is 3.12 bits per heavy atom. The van der Waals surface area contributed by atoms with Crippen LogP contribution >= 0.6 is 11.3 Å². The maximum atomic E-state index is 11.1. The van der Waals surface area contributed by atoms with E-state index >= 15 is 0 Å². The number of esters is 1. The molecule has 0 radical (unpaired) electrons. The first kappa shape index (κ1) is 12.4. The molecule has 0 spiro atoms. The zero-order chi connectivity index (χ0) is 12.1. The van der Waals surface area contributed by atoms with Crippen LogP contribution in [0.1, 0.15) is 31.4 Å². The predicted octanol–water partition coefficient (Wildman–Crippen LogP) is 2.46. The summed E-state index contributed by atoms with van der Waals surface area (Å²) in [5, 5.41) is 6.12. The maximum Gasteiger partial charge on any atom is 0.311 e. The largest absolute Gasteiger partial charge is 0.469 e. The molecule has 0 unspecified atom stereocenters. The maximum absolute atomic E-state index is 11.1. The summed E-state index contributed by atoms with van der Waals surface area (Å²) in [6, 6.07) is 0. The van der Waals surface area contributed by atoms with Crippen molar-refractivity contribution in [3.8, 4) is 0 Å². The normalized spacial score (nSPS) is 15.4. The number of carbonyl (C=O) groups is 1. The fourth-order valence-electron chi connectivity index (χ4n) is 1.85. The lowest BCUT2D eigenvalue weighted by Crippen LogP contribution is -2.15. The Morgan fingerprint density at radius 1 is 1.65 bits per heavy atom. The van der Waals surface area contributed by atoms with Gasteiger partial charge in [-0.3, -0.25) is 4.79 Å². The molecule has 94 valence electrons. The van der Waals surface area contributed by atoms with Gasteiger partial charge in [-0.05, 0) is 12.3 Å². The molecule has 1 aliphatic rings. The first-order valence-corrected chi connectivity index (χ1v) is 6.91. The fourth-order valence-corrected chi connectivity index (χ4v) is 2.59. The van der Waals surface area contributed by atoms with Crippen molar-refractivity contribution in [1.82, 2.24) is 4.98 Å². The summed E-state index contributed by atoms with van der Waals surface area (Å²) in [4.78, 5) is 15.4. The van der Waals surface area contributed by atoms with Crippen LogP contribution in [0.3, 0.4) is 0 Å². The van der Waals surface area contributed by atoms with Crippen LogP contribution in [-0.2, 0) is 16.0 Å². The molecule has 1 aromatic heterocycles. The highest BCUT2D eigenvalue weighted by molar-refractivity contribution is 7.13. The molecule has 1 N–H and O–H groups in total. The summed E-state index contributed by atoms with van der Waals surface area (Å²) in [5.41, 5.74) is 0.785. The van der Waals surface area contributed by atoms with E-state index in [1.165, 1.54) is 32.8 Å². The third-order valence-corrected chi connectivity index (χ3v) is 4.01. The number of nitrogens with zero attached hydrogens (tertiary/aromatic N) is 1. The molecule has 0 aromatic carbocycles. The van der Waals surface area contributed by atoms with E-state index < -0.39 is 0 Å². The Balaban J connectivity index is 1.71. The van der Waals surface area contributed by atoms with Gasteiger partial charge in [0.1, 0.15) is 0 Å². The summed E-state index contributed by atoms with van der Waals surface area (Å²) in [7, 11) is 1.40. The SMILES string of the molecule is COC(=O)Cc1csc(NCCC2CCC2)n1. The van der Waals surface area contributed by atoms with Gasteiger partial charge in [0.15, 0.2) is 5.13 Å². The lowest BCUT2D eigenvalue weighted by molar-refractivity contribution is -0.139. The number of rotatable bonds is 6. The van der Waals surface area contributed by atoms with Crippen molar-refractivity contribution >= 4 is 22.4 Å². The van der Waals surface area contributed by atoms with E-state index in [9.17, 15) is 4.79 Å². The van der Waals surface area contributed by atoms with Crippen molar-refractivity contribution in [2.75, 3.05) is 19.0 Å². The average Bonchev–Trinajstić information content (AvgIpc) is 2.69. The average molecular weight is 254 g/mol. The summed E-state index contributed by atoms with van der Waals surface area (Å²) >= 11 is 1.55. The Kier molecular flexibility index (Phi) is 4.36. The summed E-state index contributed by atoms with van der Waals surface area (Å²) < 4.78 is 4.60. The molecule has 0 atom stereocenters. The number of thiazole rings is 1. The third kappa shape index (κ3) is 3.70. The second-order valence-electron chi connectivity index (χ2n) is 4.41. The molecule has 4 nitrogen and oxygen atoms in total. The van der Waals surface area contributed by atoms with E-state index in [2.05, 4.69) is 15.0 Å². The van der Waals surface area contributed by atoms with Gasteiger partial charge in [-0.1, -0.05) is 19.3 Å². The molecule has 0 bridgehead atoms. The molecule has 1 heterocycles. The Labute approximate surface area is 105 Å². The standard InChI is InChI=1S/C12H18N2O2S/c1-16-11(15)7-10-8-17-12(14-10)13-6-5-9-3-2-4-9/h8-9H,2-7H2,1H3,(H,13,14). The van der Waals surface area contributed by atoms with Crippen molar-refractivity contribution in [3.63, 3.8) is 0 Å². The second kappa shape index (κ2) is 6.00. The van der Waals surface area contributed by atoms with Gasteiger partial charge < -0.3 is 10.1 Å². The van der Waals surface area contributed by atoms with Crippen molar-refractivity contribution in [3.05, 3.63) is 11.1 Å². The van der Waals surface area contributed by atoms with Gasteiger partial charge in [0, 0.05) is 11.9 Å². The number of methoxy groups -OCH3 is 1. The van der Waals surface area contributed by atoms with Gasteiger partial charge in [-0.25, -0.2) is 4.98 Å². The highest BCUT2D eigenvalue weighted by Gasteiger charge is 2.16. The summed E-state index contributed by atoms with van der Waals surface area (Å²) in [6.07, 6.45) is 5.65. The van der Waals surface area contributed by atoms with Crippen LogP contribution in [0.5, 0.6) is 0 Å². The van der Waals surface area contributed by atoms with Crippen molar-refractivity contribution < 1.29 is 9.53 Å². The van der Waals surface area contributed by atoms with E-state index in [-0.39, 0.29) is 12.4 Å². The van der Waals surface area contributed by atoms with Gasteiger partial charge in [-0.2, -0.15) is 0 Å². The van der Waals surface area contributed by atoms with E-state index in [4.69, 9.17) is 0 Å². The zero-order valence-electron chi connectivity index (χ0n) is 10.1. The number of ether oxygens (including phenoxy) is 1. The summed E-state index contributed by atoms with van der Waals surface area (Å²) in [6.45, 7) is 0.982. The van der Waals surface area contributed by atoms with Gasteiger partial charge in [0.05, 0.1) is 19.2 Å². The fraction of sp³-hybridized carbons (Fsp3) is 0.667. The van der Waals surface area contributed by atoms with E-state index in [1.807, 2.05) is 5.38 Å². The first-order chi connectivity index (χ1) is 8.28. The van der Waals surface area contributed by atoms with Gasteiger partial charge in [-0.15, -0.1) is 11.3 Å². The second-order valence-corrected chi connectivity index (χ2v) is 5.27. The van der Waals surface area contributed by atoms with Crippen molar-refractivity contribution in [2.24, 2.45) is 5.92 Å². The molecule has 2 rings (SSSR count). The highest BCUT2D eigenvalue weighted by Crippen LogP contribution is 2.29. The zero-order valence-corrected chi connectivity index (χ0v) is 10.9. The molecule has 1 aliphatic carbocycles. The topological polar surface area (TPSA) is 51.2 Å². The number of anilines is 1. The van der Waals surface area contributed by atoms with Crippen LogP contribution < -0.4 is 5.32 Å². The lowest BCUT2D eigenvalue weighted by atomic mass is 9.83. The van der Waals surface area contributed by atoms with Crippen LogP contribution in [0.2, 0.25) is 0 Å². The Hall–Kier alpha value is -1.10. The van der Waals surface area contributed by atoms with Gasteiger partial charge >= 0.3 is 5.97 Å². The monoisotopic (exact) mass is 254 g/mol. The molecule has 0 amide bonds. The number of hydrogen-bond donors (Lipinski definition) is 1. The highest BCUT2D eigenvalue weighted by atomic mass is 32.1. The quantitative estimate of drug-likeness (QED) is 0.792. The van der Waals surface area contributed by atoms with E-state index in [0.29, 0.717) is 0 Å². The minimum absolute atomic E-state index is 0.240. The molecule has 5 heteroatoms. The van der Waals surface area contributed by atoms with Gasteiger partial charge in [0.2, 0.25) is 0 Å². The van der Waals surface area contributed by atoms with Crippen LogP contribution in [0.4, 0.5) is 5.13 Å². The van der Waals surface area contributed by atoms with Crippen LogP contribution in [0, 0.1) is 5.92 Å². The smallest absolute Gasteiger partial charge is 0.311 e. The van der Waals surface area contributed by atoms with Gasteiger partial charge in [0.25, 0.3) is 0 Å². The molecular formula is C12H18N2O2S. The van der Waals surface area contributed by atoms with Crippen molar-refractivity contribution in [2.45, 2.75) is 32.1 Å². The van der Waals surface area contributed by atoms with Crippen LogP contribution in [-0.4, -0.2) is 24.6 Å². The number of aromatic nitrogens is 1. The third-order valence-electron chi connectivity index (χ3n) is 3.16. The van der Waals surface area contributed by atoms with E-state index in [0.717, 1.165) is 23.3 Å². The predicted molar refractivity (Wildman–Crippen MR) is 68.3 cm³/mol. The van der Waals surface area contributed by atoms with Crippen LogP contribution in [0.25, 0.3) is 0 Å². The first-order valence-electron chi connectivity index (χ1n) is 6.03. The molecule has 17 heavy (non-hydrogen) atoms. The number of hydrogen-bond acceptors (Lipinski definition) is 5. The molecule has 0 saturated heterocycles. The Morgan fingerprint density at radius 2 is 2.47 bits per heavy atom. The lowest BCUT2D eigenvalue weighted by Gasteiger charge is -2.24. The number of nitrogens with one attached hydrogen (secondary N) is 1.